The summed E-state index contributed by atoms with van der Waals surface area (Å²) < 4.78 is 0. The van der Waals surface area contributed by atoms with Gasteiger partial charge in [-0.3, -0.25) is 9.59 Å². The lowest BCUT2D eigenvalue weighted by Gasteiger charge is -2.19. The Morgan fingerprint density at radius 3 is 1.67 bits per heavy atom. The summed E-state index contributed by atoms with van der Waals surface area (Å²) in [5.41, 5.74) is 5.33. The van der Waals surface area contributed by atoms with Crippen molar-refractivity contribution in [2.24, 2.45) is 17.6 Å². The van der Waals surface area contributed by atoms with Crippen LogP contribution in [0.1, 0.15) is 13.8 Å². The van der Waals surface area contributed by atoms with E-state index in [0.717, 1.165) is 0 Å². The van der Waals surface area contributed by atoms with Gasteiger partial charge in [0.05, 0.1) is 11.8 Å². The second kappa shape index (κ2) is 4.06. The van der Waals surface area contributed by atoms with Gasteiger partial charge in [0, 0.05) is 6.04 Å². The van der Waals surface area contributed by atoms with E-state index in [-0.39, 0.29) is 0 Å². The quantitative estimate of drug-likeness (QED) is 0.547. The average molecular weight is 175 g/mol. The molecule has 0 amide bonds. The fraction of sp³-hybridized carbons (Fsp3) is 0.714. The first-order valence-electron chi connectivity index (χ1n) is 3.59. The van der Waals surface area contributed by atoms with Crippen molar-refractivity contribution in [1.29, 1.82) is 0 Å². The van der Waals surface area contributed by atoms with Crippen molar-refractivity contribution >= 4 is 11.9 Å². The van der Waals surface area contributed by atoms with Crippen molar-refractivity contribution in [2.45, 2.75) is 19.9 Å². The standard InChI is InChI=1S/C7H13NO4/c1-3(6(9)10)5(4(2)8)7(11)12/h3-5H,8H2,1-2H3,(H,9,10)(H,11,12). The smallest absolute Gasteiger partial charge is 0.308 e. The molecule has 0 radical (unpaired) electrons. The van der Waals surface area contributed by atoms with Gasteiger partial charge in [0.15, 0.2) is 0 Å². The largest absolute Gasteiger partial charge is 0.481 e. The number of hydrogen-bond acceptors (Lipinski definition) is 3. The van der Waals surface area contributed by atoms with E-state index in [9.17, 15) is 9.59 Å². The third-order valence-corrected chi connectivity index (χ3v) is 1.78. The topological polar surface area (TPSA) is 101 Å². The molecule has 0 aromatic heterocycles. The van der Waals surface area contributed by atoms with Gasteiger partial charge in [0.1, 0.15) is 0 Å². The summed E-state index contributed by atoms with van der Waals surface area (Å²) in [7, 11) is 0. The minimum atomic E-state index is -1.17. The molecule has 70 valence electrons. The number of nitrogens with two attached hydrogens (primary N) is 1. The molecule has 0 heterocycles. The number of hydrogen-bond donors (Lipinski definition) is 3. The van der Waals surface area contributed by atoms with E-state index in [1.807, 2.05) is 0 Å². The first-order valence-corrected chi connectivity index (χ1v) is 3.59. The minimum Gasteiger partial charge on any atom is -0.481 e. The fourth-order valence-electron chi connectivity index (χ4n) is 1.05. The van der Waals surface area contributed by atoms with Gasteiger partial charge in [-0.05, 0) is 6.92 Å². The number of rotatable bonds is 4. The Morgan fingerprint density at radius 1 is 1.17 bits per heavy atom. The predicted molar refractivity (Wildman–Crippen MR) is 41.6 cm³/mol. The van der Waals surface area contributed by atoms with Crippen LogP contribution in [0.4, 0.5) is 0 Å². The first-order chi connectivity index (χ1) is 5.37. The molecular weight excluding hydrogens is 162 g/mol. The molecule has 0 saturated carbocycles. The van der Waals surface area contributed by atoms with Crippen LogP contribution in [0.2, 0.25) is 0 Å². The zero-order valence-corrected chi connectivity index (χ0v) is 7.02. The van der Waals surface area contributed by atoms with Crippen LogP contribution >= 0.6 is 0 Å². The Labute approximate surface area is 70.2 Å². The molecule has 0 aromatic rings. The lowest BCUT2D eigenvalue weighted by molar-refractivity contribution is -0.153. The summed E-state index contributed by atoms with van der Waals surface area (Å²) in [6, 6.07) is -0.659. The van der Waals surface area contributed by atoms with E-state index >= 15 is 0 Å². The Hall–Kier alpha value is -1.10. The lowest BCUT2D eigenvalue weighted by atomic mass is 9.89. The lowest BCUT2D eigenvalue weighted by Crippen LogP contribution is -2.40. The highest BCUT2D eigenvalue weighted by Gasteiger charge is 2.32. The second-order valence-electron chi connectivity index (χ2n) is 2.85. The Morgan fingerprint density at radius 2 is 1.58 bits per heavy atom. The molecule has 0 aliphatic carbocycles. The molecule has 0 fully saturated rings. The summed E-state index contributed by atoms with van der Waals surface area (Å²) in [6.07, 6.45) is 0. The fourth-order valence-corrected chi connectivity index (χ4v) is 1.05. The van der Waals surface area contributed by atoms with Crippen LogP contribution in [-0.4, -0.2) is 28.2 Å². The molecule has 4 N–H and O–H groups in total. The zero-order valence-electron chi connectivity index (χ0n) is 7.02. The van der Waals surface area contributed by atoms with Crippen molar-refractivity contribution in [1.82, 2.24) is 0 Å². The molecule has 0 rings (SSSR count). The monoisotopic (exact) mass is 175 g/mol. The van der Waals surface area contributed by atoms with Gasteiger partial charge in [-0.2, -0.15) is 0 Å². The van der Waals surface area contributed by atoms with E-state index in [2.05, 4.69) is 0 Å². The highest BCUT2D eigenvalue weighted by molar-refractivity contribution is 5.80. The average Bonchev–Trinajstić information content (AvgIpc) is 1.85. The Kier molecular flexibility index (Phi) is 3.69. The van der Waals surface area contributed by atoms with Crippen molar-refractivity contribution < 1.29 is 19.8 Å². The maximum absolute atomic E-state index is 10.5. The zero-order chi connectivity index (χ0) is 9.89. The number of carboxylic acids is 2. The van der Waals surface area contributed by atoms with Crippen LogP contribution < -0.4 is 5.73 Å². The predicted octanol–water partition coefficient (Wildman–Crippen LogP) is -0.245. The third-order valence-electron chi connectivity index (χ3n) is 1.78. The van der Waals surface area contributed by atoms with E-state index < -0.39 is 29.8 Å². The van der Waals surface area contributed by atoms with Crippen LogP contribution in [0, 0.1) is 11.8 Å². The van der Waals surface area contributed by atoms with E-state index in [1.165, 1.54) is 13.8 Å². The summed E-state index contributed by atoms with van der Waals surface area (Å²) in [5, 5.41) is 17.2. The van der Waals surface area contributed by atoms with Crippen LogP contribution in [0.5, 0.6) is 0 Å². The normalized spacial score (nSPS) is 17.9. The highest BCUT2D eigenvalue weighted by Crippen LogP contribution is 2.15. The van der Waals surface area contributed by atoms with Crippen molar-refractivity contribution in [3.05, 3.63) is 0 Å². The van der Waals surface area contributed by atoms with Crippen LogP contribution in [-0.2, 0) is 9.59 Å². The van der Waals surface area contributed by atoms with E-state index in [0.29, 0.717) is 0 Å². The van der Waals surface area contributed by atoms with Gasteiger partial charge >= 0.3 is 11.9 Å². The number of carboxylic acid groups (broad SMARTS) is 2. The maximum Gasteiger partial charge on any atom is 0.308 e. The molecule has 5 heteroatoms. The molecule has 0 aliphatic heterocycles. The third kappa shape index (κ3) is 2.50. The molecular formula is C7H13NO4. The highest BCUT2D eigenvalue weighted by atomic mass is 16.4. The second-order valence-corrected chi connectivity index (χ2v) is 2.85. The summed E-state index contributed by atoms with van der Waals surface area (Å²) >= 11 is 0. The molecule has 5 nitrogen and oxygen atoms in total. The van der Waals surface area contributed by atoms with Crippen molar-refractivity contribution in [3.8, 4) is 0 Å². The number of aliphatic carboxylic acids is 2. The van der Waals surface area contributed by atoms with Crippen molar-refractivity contribution in [2.75, 3.05) is 0 Å². The Bertz CT molecular complexity index is 190. The maximum atomic E-state index is 10.5. The molecule has 0 aliphatic rings. The van der Waals surface area contributed by atoms with Gasteiger partial charge in [-0.1, -0.05) is 6.92 Å². The first kappa shape index (κ1) is 10.9. The van der Waals surface area contributed by atoms with Gasteiger partial charge < -0.3 is 15.9 Å². The van der Waals surface area contributed by atoms with Gasteiger partial charge in [0.2, 0.25) is 0 Å². The SMILES string of the molecule is CC(N)C(C(=O)O)C(C)C(=O)O. The molecule has 0 aromatic carbocycles. The van der Waals surface area contributed by atoms with Crippen LogP contribution in [0.25, 0.3) is 0 Å². The number of carbonyl (C=O) groups is 2. The van der Waals surface area contributed by atoms with Gasteiger partial charge in [-0.15, -0.1) is 0 Å². The molecule has 3 unspecified atom stereocenters. The summed E-state index contributed by atoms with van der Waals surface area (Å²) in [6.45, 7) is 2.82. The molecule has 12 heavy (non-hydrogen) atoms. The van der Waals surface area contributed by atoms with Crippen LogP contribution in [0.3, 0.4) is 0 Å². The van der Waals surface area contributed by atoms with E-state index in [1.54, 1.807) is 0 Å². The molecule has 0 saturated heterocycles. The molecule has 0 bridgehead atoms. The molecule has 0 spiro atoms. The van der Waals surface area contributed by atoms with Gasteiger partial charge in [0.25, 0.3) is 0 Å². The minimum absolute atomic E-state index is 0.659. The van der Waals surface area contributed by atoms with Gasteiger partial charge in [-0.25, -0.2) is 0 Å². The van der Waals surface area contributed by atoms with E-state index in [4.69, 9.17) is 15.9 Å². The molecule has 3 atom stereocenters. The van der Waals surface area contributed by atoms with Crippen LogP contribution in [0.15, 0.2) is 0 Å². The Balaban J connectivity index is 4.51. The summed E-state index contributed by atoms with van der Waals surface area (Å²) in [4.78, 5) is 21.0. The van der Waals surface area contributed by atoms with Crippen molar-refractivity contribution in [3.63, 3.8) is 0 Å². The summed E-state index contributed by atoms with van der Waals surface area (Å²) in [5.74, 6) is -4.29.